The Kier molecular flexibility index (Phi) is 1.59. The van der Waals surface area contributed by atoms with Crippen molar-refractivity contribution in [1.82, 2.24) is 0 Å². The monoisotopic (exact) mass is 206 g/mol. The number of hydrogen-bond donors (Lipinski definition) is 0. The van der Waals surface area contributed by atoms with Gasteiger partial charge in [-0.1, -0.05) is 48.5 Å². The normalized spacial score (nSPS) is 25.0. The van der Waals surface area contributed by atoms with Crippen LogP contribution in [0.4, 0.5) is 0 Å². The summed E-state index contributed by atoms with van der Waals surface area (Å²) < 4.78 is 0. The zero-order valence-electron chi connectivity index (χ0n) is 9.19. The van der Waals surface area contributed by atoms with E-state index in [9.17, 15) is 0 Å². The van der Waals surface area contributed by atoms with Crippen molar-refractivity contribution in [3.63, 3.8) is 0 Å². The number of rotatable bonds is 1. The van der Waals surface area contributed by atoms with Gasteiger partial charge in [0.2, 0.25) is 0 Å². The highest BCUT2D eigenvalue weighted by molar-refractivity contribution is 5.49. The van der Waals surface area contributed by atoms with Crippen LogP contribution >= 0.6 is 0 Å². The molecule has 0 heterocycles. The van der Waals surface area contributed by atoms with Crippen LogP contribution in [-0.4, -0.2) is 0 Å². The predicted octanol–water partition coefficient (Wildman–Crippen LogP) is 3.67. The first-order valence-corrected chi connectivity index (χ1v) is 6.09. The van der Waals surface area contributed by atoms with Crippen molar-refractivity contribution in [2.24, 2.45) is 0 Å². The maximum atomic E-state index is 2.31. The predicted molar refractivity (Wildman–Crippen MR) is 65.8 cm³/mol. The Hall–Kier alpha value is -1.56. The van der Waals surface area contributed by atoms with E-state index in [2.05, 4.69) is 48.5 Å². The summed E-state index contributed by atoms with van der Waals surface area (Å²) in [5.41, 5.74) is 6.33. The Labute approximate surface area is 95.9 Å². The van der Waals surface area contributed by atoms with Gasteiger partial charge >= 0.3 is 0 Å². The summed E-state index contributed by atoms with van der Waals surface area (Å²) in [5, 5.41) is 0. The summed E-state index contributed by atoms with van der Waals surface area (Å²) in [5.74, 6) is 1.59. The summed E-state index contributed by atoms with van der Waals surface area (Å²) >= 11 is 0. The van der Waals surface area contributed by atoms with E-state index >= 15 is 0 Å². The van der Waals surface area contributed by atoms with Crippen molar-refractivity contribution in [2.45, 2.75) is 24.7 Å². The molecule has 0 spiro atoms. The number of fused-ring (bicyclic) bond motifs is 2. The highest BCUT2D eigenvalue weighted by Crippen LogP contribution is 2.51. The zero-order valence-corrected chi connectivity index (χ0v) is 9.19. The van der Waals surface area contributed by atoms with Crippen LogP contribution in [0.25, 0.3) is 0 Å². The largest absolute Gasteiger partial charge is 0.0620 e. The van der Waals surface area contributed by atoms with E-state index in [4.69, 9.17) is 0 Å². The molecule has 0 unspecified atom stereocenters. The first kappa shape index (κ1) is 8.58. The Morgan fingerprint density at radius 1 is 0.625 bits per heavy atom. The Bertz CT molecular complexity index is 502. The van der Waals surface area contributed by atoms with E-state index in [0.717, 1.165) is 11.8 Å². The molecule has 2 aliphatic carbocycles. The molecule has 2 aliphatic rings. The molecule has 0 saturated heterocycles. The van der Waals surface area contributed by atoms with Gasteiger partial charge in [0.05, 0.1) is 0 Å². The van der Waals surface area contributed by atoms with Gasteiger partial charge in [0, 0.05) is 0 Å². The summed E-state index contributed by atoms with van der Waals surface area (Å²) in [7, 11) is 0. The molecule has 4 rings (SSSR count). The highest BCUT2D eigenvalue weighted by atomic mass is 14.4. The highest BCUT2D eigenvalue weighted by Gasteiger charge is 2.38. The molecular weight excluding hydrogens is 192 g/mol. The van der Waals surface area contributed by atoms with Crippen LogP contribution in [0.2, 0.25) is 0 Å². The molecule has 0 saturated carbocycles. The molecule has 2 aromatic rings. The number of benzene rings is 2. The van der Waals surface area contributed by atoms with Gasteiger partial charge in [0.15, 0.2) is 0 Å². The fraction of sp³-hybridized carbons (Fsp3) is 0.250. The summed E-state index contributed by atoms with van der Waals surface area (Å²) in [6, 6.07) is 17.8. The molecule has 0 aliphatic heterocycles. The van der Waals surface area contributed by atoms with E-state index in [0.29, 0.717) is 0 Å². The second kappa shape index (κ2) is 2.98. The Morgan fingerprint density at radius 2 is 1.06 bits per heavy atom. The molecular formula is C16H14. The summed E-state index contributed by atoms with van der Waals surface area (Å²) in [4.78, 5) is 0. The molecule has 0 fully saturated rings. The molecule has 0 nitrogen and oxygen atoms in total. The van der Waals surface area contributed by atoms with Crippen LogP contribution in [-0.2, 0) is 12.8 Å². The second-order valence-corrected chi connectivity index (χ2v) is 5.02. The van der Waals surface area contributed by atoms with Crippen molar-refractivity contribution >= 4 is 0 Å². The first-order valence-electron chi connectivity index (χ1n) is 6.09. The summed E-state index contributed by atoms with van der Waals surface area (Å²) in [6.07, 6.45) is 2.57. The maximum Gasteiger partial charge on any atom is -0.00465 e. The van der Waals surface area contributed by atoms with Gasteiger partial charge in [-0.25, -0.2) is 0 Å². The molecule has 0 N–H and O–H groups in total. The van der Waals surface area contributed by atoms with E-state index in [1.165, 1.54) is 12.8 Å². The van der Waals surface area contributed by atoms with Gasteiger partial charge in [-0.05, 0) is 46.9 Å². The molecule has 0 radical (unpaired) electrons. The average Bonchev–Trinajstić information content (AvgIpc) is 2.26. The fourth-order valence-corrected chi connectivity index (χ4v) is 3.31. The topological polar surface area (TPSA) is 0 Å². The van der Waals surface area contributed by atoms with Crippen LogP contribution in [0.5, 0.6) is 0 Å². The van der Waals surface area contributed by atoms with Crippen LogP contribution < -0.4 is 0 Å². The number of hydrogen-bond acceptors (Lipinski definition) is 0. The lowest BCUT2D eigenvalue weighted by Crippen LogP contribution is -2.30. The van der Waals surface area contributed by atoms with Gasteiger partial charge in [0.1, 0.15) is 0 Å². The average molecular weight is 206 g/mol. The van der Waals surface area contributed by atoms with Crippen molar-refractivity contribution in [3.05, 3.63) is 70.8 Å². The van der Waals surface area contributed by atoms with Gasteiger partial charge in [-0.3, -0.25) is 0 Å². The van der Waals surface area contributed by atoms with Crippen molar-refractivity contribution in [1.29, 1.82) is 0 Å². The third-order valence-corrected chi connectivity index (χ3v) is 4.27. The van der Waals surface area contributed by atoms with Crippen LogP contribution in [0, 0.1) is 0 Å². The van der Waals surface area contributed by atoms with E-state index in [1.807, 2.05) is 0 Å². The molecule has 16 heavy (non-hydrogen) atoms. The quantitative estimate of drug-likeness (QED) is 0.668. The minimum atomic E-state index is 0.797. The Balaban J connectivity index is 1.69. The molecule has 0 amide bonds. The lowest BCUT2D eigenvalue weighted by molar-refractivity contribution is 0.445. The molecule has 0 aromatic heterocycles. The summed E-state index contributed by atoms with van der Waals surface area (Å²) in [6.45, 7) is 0. The third kappa shape index (κ3) is 0.996. The minimum Gasteiger partial charge on any atom is -0.0620 e. The molecule has 0 heteroatoms. The van der Waals surface area contributed by atoms with Crippen molar-refractivity contribution in [2.75, 3.05) is 0 Å². The lowest BCUT2D eigenvalue weighted by atomic mass is 9.61. The smallest absolute Gasteiger partial charge is 0.00465 e. The van der Waals surface area contributed by atoms with E-state index in [-0.39, 0.29) is 0 Å². The first-order chi connectivity index (χ1) is 7.93. The molecule has 2 atom stereocenters. The van der Waals surface area contributed by atoms with Gasteiger partial charge < -0.3 is 0 Å². The van der Waals surface area contributed by atoms with Crippen LogP contribution in [0.15, 0.2) is 48.5 Å². The minimum absolute atomic E-state index is 0.797. The van der Waals surface area contributed by atoms with Gasteiger partial charge in [-0.2, -0.15) is 0 Å². The van der Waals surface area contributed by atoms with Gasteiger partial charge in [0.25, 0.3) is 0 Å². The molecule has 0 bridgehead atoms. The molecule has 78 valence electrons. The SMILES string of the molecule is c1ccc2c(c1)C[C@@H]2[C@H]1Cc2ccccc21. The van der Waals surface area contributed by atoms with Crippen molar-refractivity contribution in [3.8, 4) is 0 Å². The van der Waals surface area contributed by atoms with E-state index < -0.39 is 0 Å². The fourth-order valence-electron chi connectivity index (χ4n) is 3.31. The maximum absolute atomic E-state index is 2.31. The van der Waals surface area contributed by atoms with E-state index in [1.54, 1.807) is 22.3 Å². The Morgan fingerprint density at radius 3 is 1.50 bits per heavy atom. The molecule has 2 aromatic carbocycles. The standard InChI is InChI=1S/C16H14/c1-3-7-13-11(5-1)9-15(13)16-10-12-6-2-4-8-14(12)16/h1-8,15-16H,9-10H2/t15-,16-/m0/s1. The lowest BCUT2D eigenvalue weighted by Gasteiger charge is -2.42. The second-order valence-electron chi connectivity index (χ2n) is 5.02. The zero-order chi connectivity index (χ0) is 10.5. The van der Waals surface area contributed by atoms with Gasteiger partial charge in [-0.15, -0.1) is 0 Å². The van der Waals surface area contributed by atoms with Crippen molar-refractivity contribution < 1.29 is 0 Å². The van der Waals surface area contributed by atoms with Crippen LogP contribution in [0.3, 0.4) is 0 Å². The third-order valence-electron chi connectivity index (χ3n) is 4.27. The van der Waals surface area contributed by atoms with Crippen LogP contribution in [0.1, 0.15) is 34.1 Å².